The minimum Gasteiger partial charge on any atom is -0.324 e. The van der Waals surface area contributed by atoms with Gasteiger partial charge in [0.05, 0.1) is 0 Å². The van der Waals surface area contributed by atoms with E-state index in [4.69, 9.17) is 5.73 Å². The molecule has 1 aromatic rings. The number of rotatable bonds is 6. The van der Waals surface area contributed by atoms with Crippen molar-refractivity contribution in [1.29, 1.82) is 0 Å². The van der Waals surface area contributed by atoms with Gasteiger partial charge in [-0.2, -0.15) is 0 Å². The molecule has 2 N–H and O–H groups in total. The van der Waals surface area contributed by atoms with Gasteiger partial charge in [-0.1, -0.05) is 64.8 Å². The molecule has 17 heavy (non-hydrogen) atoms. The highest BCUT2D eigenvalue weighted by Crippen LogP contribution is 2.28. The SMILES string of the molecule is CCCCC(N)c1ccc(C(C)(C)CC)cc1. The first-order chi connectivity index (χ1) is 8.01. The molecule has 1 unspecified atom stereocenters. The van der Waals surface area contributed by atoms with E-state index in [2.05, 4.69) is 52.0 Å². The lowest BCUT2D eigenvalue weighted by molar-refractivity contribution is 0.505. The van der Waals surface area contributed by atoms with E-state index in [0.717, 1.165) is 12.8 Å². The summed E-state index contributed by atoms with van der Waals surface area (Å²) in [6.07, 6.45) is 4.68. The summed E-state index contributed by atoms with van der Waals surface area (Å²) >= 11 is 0. The first-order valence-corrected chi connectivity index (χ1v) is 6.87. The van der Waals surface area contributed by atoms with Crippen LogP contribution in [-0.4, -0.2) is 0 Å². The molecule has 0 aliphatic carbocycles. The second-order valence-corrected chi connectivity index (χ2v) is 5.61. The van der Waals surface area contributed by atoms with E-state index >= 15 is 0 Å². The van der Waals surface area contributed by atoms with Gasteiger partial charge < -0.3 is 5.73 Å². The zero-order valence-electron chi connectivity index (χ0n) is 11.8. The predicted octanol–water partition coefficient (Wildman–Crippen LogP) is 4.56. The molecule has 0 saturated heterocycles. The first-order valence-electron chi connectivity index (χ1n) is 6.87. The Morgan fingerprint density at radius 1 is 1.12 bits per heavy atom. The van der Waals surface area contributed by atoms with Gasteiger partial charge in [-0.3, -0.25) is 0 Å². The third-order valence-corrected chi connectivity index (χ3v) is 3.87. The molecule has 1 atom stereocenters. The van der Waals surface area contributed by atoms with Crippen LogP contribution in [0.5, 0.6) is 0 Å². The third-order valence-electron chi connectivity index (χ3n) is 3.87. The fourth-order valence-corrected chi connectivity index (χ4v) is 1.98. The summed E-state index contributed by atoms with van der Waals surface area (Å²) < 4.78 is 0. The lowest BCUT2D eigenvalue weighted by Gasteiger charge is -2.24. The zero-order valence-corrected chi connectivity index (χ0v) is 11.8. The van der Waals surface area contributed by atoms with Crippen LogP contribution in [0.15, 0.2) is 24.3 Å². The van der Waals surface area contributed by atoms with E-state index in [1.165, 1.54) is 24.0 Å². The van der Waals surface area contributed by atoms with Gasteiger partial charge in [-0.05, 0) is 29.4 Å². The highest BCUT2D eigenvalue weighted by atomic mass is 14.6. The van der Waals surface area contributed by atoms with E-state index in [0.29, 0.717) is 0 Å². The highest BCUT2D eigenvalue weighted by molar-refractivity contribution is 5.29. The number of nitrogens with two attached hydrogens (primary N) is 1. The molecule has 0 aliphatic heterocycles. The van der Waals surface area contributed by atoms with E-state index < -0.39 is 0 Å². The smallest absolute Gasteiger partial charge is 0.0294 e. The normalized spacial score (nSPS) is 13.7. The maximum atomic E-state index is 6.17. The largest absolute Gasteiger partial charge is 0.324 e. The molecule has 0 spiro atoms. The topological polar surface area (TPSA) is 26.0 Å². The maximum absolute atomic E-state index is 6.17. The number of hydrogen-bond acceptors (Lipinski definition) is 1. The lowest BCUT2D eigenvalue weighted by atomic mass is 9.81. The molecule has 0 fully saturated rings. The fourth-order valence-electron chi connectivity index (χ4n) is 1.98. The van der Waals surface area contributed by atoms with Gasteiger partial charge in [-0.25, -0.2) is 0 Å². The molecule has 0 radical (unpaired) electrons. The van der Waals surface area contributed by atoms with Crippen molar-refractivity contribution in [2.45, 2.75) is 64.8 Å². The summed E-state index contributed by atoms with van der Waals surface area (Å²) in [6.45, 7) is 9.03. The van der Waals surface area contributed by atoms with Crippen LogP contribution in [0.3, 0.4) is 0 Å². The summed E-state index contributed by atoms with van der Waals surface area (Å²) in [5.41, 5.74) is 9.12. The Balaban J connectivity index is 2.74. The van der Waals surface area contributed by atoms with Crippen molar-refractivity contribution in [3.63, 3.8) is 0 Å². The number of benzene rings is 1. The molecule has 1 nitrogen and oxygen atoms in total. The Morgan fingerprint density at radius 3 is 2.18 bits per heavy atom. The van der Waals surface area contributed by atoms with Crippen molar-refractivity contribution in [3.8, 4) is 0 Å². The average molecular weight is 233 g/mol. The minimum atomic E-state index is 0.203. The second kappa shape index (κ2) is 6.20. The van der Waals surface area contributed by atoms with E-state index in [1.54, 1.807) is 0 Å². The van der Waals surface area contributed by atoms with Gasteiger partial charge in [0.15, 0.2) is 0 Å². The number of unbranched alkanes of at least 4 members (excludes halogenated alkanes) is 1. The quantitative estimate of drug-likeness (QED) is 0.765. The van der Waals surface area contributed by atoms with Crippen molar-refractivity contribution < 1.29 is 0 Å². The Bertz CT molecular complexity index is 324. The van der Waals surface area contributed by atoms with Gasteiger partial charge in [0.1, 0.15) is 0 Å². The van der Waals surface area contributed by atoms with Crippen LogP contribution in [0.25, 0.3) is 0 Å². The molecule has 0 heterocycles. The third kappa shape index (κ3) is 3.85. The van der Waals surface area contributed by atoms with E-state index in [1.807, 2.05) is 0 Å². The van der Waals surface area contributed by atoms with Crippen molar-refractivity contribution in [2.24, 2.45) is 5.73 Å². The molecule has 0 aromatic heterocycles. The zero-order chi connectivity index (χ0) is 12.9. The Kier molecular flexibility index (Phi) is 5.20. The Morgan fingerprint density at radius 2 is 1.71 bits per heavy atom. The molecule has 96 valence electrons. The summed E-state index contributed by atoms with van der Waals surface area (Å²) in [5, 5.41) is 0. The van der Waals surface area contributed by atoms with Crippen LogP contribution in [0.1, 0.15) is 70.5 Å². The molecule has 0 aliphatic rings. The van der Waals surface area contributed by atoms with Crippen molar-refractivity contribution in [2.75, 3.05) is 0 Å². The van der Waals surface area contributed by atoms with Crippen LogP contribution in [0, 0.1) is 0 Å². The van der Waals surface area contributed by atoms with Crippen molar-refractivity contribution in [3.05, 3.63) is 35.4 Å². The highest BCUT2D eigenvalue weighted by Gasteiger charge is 2.17. The van der Waals surface area contributed by atoms with Gasteiger partial charge in [0, 0.05) is 6.04 Å². The van der Waals surface area contributed by atoms with Crippen molar-refractivity contribution >= 4 is 0 Å². The monoisotopic (exact) mass is 233 g/mol. The first kappa shape index (κ1) is 14.2. The summed E-state index contributed by atoms with van der Waals surface area (Å²) in [7, 11) is 0. The second-order valence-electron chi connectivity index (χ2n) is 5.61. The number of hydrogen-bond donors (Lipinski definition) is 1. The summed E-state index contributed by atoms with van der Waals surface area (Å²) in [5.74, 6) is 0. The minimum absolute atomic E-state index is 0.203. The van der Waals surface area contributed by atoms with Crippen LogP contribution >= 0.6 is 0 Å². The van der Waals surface area contributed by atoms with Gasteiger partial charge in [0.25, 0.3) is 0 Å². The fraction of sp³-hybridized carbons (Fsp3) is 0.625. The van der Waals surface area contributed by atoms with Gasteiger partial charge in [0.2, 0.25) is 0 Å². The lowest BCUT2D eigenvalue weighted by Crippen LogP contribution is -2.16. The molecular weight excluding hydrogens is 206 g/mol. The molecular formula is C16H27N. The van der Waals surface area contributed by atoms with E-state index in [-0.39, 0.29) is 11.5 Å². The summed E-state index contributed by atoms with van der Waals surface area (Å²) in [6, 6.07) is 9.09. The Hall–Kier alpha value is -0.820. The van der Waals surface area contributed by atoms with Crippen LogP contribution in [-0.2, 0) is 5.41 Å². The Labute approximate surface area is 106 Å². The maximum Gasteiger partial charge on any atom is 0.0294 e. The van der Waals surface area contributed by atoms with Crippen molar-refractivity contribution in [1.82, 2.24) is 0 Å². The van der Waals surface area contributed by atoms with Crippen LogP contribution in [0.4, 0.5) is 0 Å². The molecule has 0 bridgehead atoms. The van der Waals surface area contributed by atoms with Crippen LogP contribution in [0.2, 0.25) is 0 Å². The molecule has 0 saturated carbocycles. The van der Waals surface area contributed by atoms with Gasteiger partial charge >= 0.3 is 0 Å². The molecule has 1 aromatic carbocycles. The molecule has 1 rings (SSSR count). The summed E-state index contributed by atoms with van der Waals surface area (Å²) in [4.78, 5) is 0. The average Bonchev–Trinajstić information content (AvgIpc) is 2.36. The predicted molar refractivity (Wildman–Crippen MR) is 76.2 cm³/mol. The molecule has 1 heteroatoms. The van der Waals surface area contributed by atoms with Crippen LogP contribution < -0.4 is 5.73 Å². The van der Waals surface area contributed by atoms with Gasteiger partial charge in [-0.15, -0.1) is 0 Å². The standard InChI is InChI=1S/C16H27N/c1-5-7-8-15(17)13-9-11-14(12-10-13)16(3,4)6-2/h9-12,15H,5-8,17H2,1-4H3. The molecule has 0 amide bonds. The van der Waals surface area contributed by atoms with E-state index in [9.17, 15) is 0 Å².